The van der Waals surface area contributed by atoms with Crippen molar-refractivity contribution in [2.45, 2.75) is 6.54 Å². The monoisotopic (exact) mass is 411 g/mol. The number of anilines is 1. The molecule has 1 saturated heterocycles. The molecule has 0 atom stereocenters. The molecule has 8 heteroatoms. The second kappa shape index (κ2) is 9.21. The first-order valence-corrected chi connectivity index (χ1v) is 10.6. The number of carbonyl (C=O) groups excluding carboxylic acids is 1. The number of aromatic nitrogens is 1. The van der Waals surface area contributed by atoms with Crippen molar-refractivity contribution < 1.29 is 9.90 Å². The SMILES string of the molecule is O=C(NCCN1CCN(Cc2ccccc2)CC1)Nc1nc2ccc(O)cc2s1. The molecule has 0 aliphatic carbocycles. The van der Waals surface area contributed by atoms with Gasteiger partial charge in [0.05, 0.1) is 10.2 Å². The van der Waals surface area contributed by atoms with Crippen LogP contribution in [0.25, 0.3) is 10.2 Å². The zero-order valence-electron chi connectivity index (χ0n) is 16.2. The van der Waals surface area contributed by atoms with Crippen molar-refractivity contribution in [2.24, 2.45) is 0 Å². The van der Waals surface area contributed by atoms with E-state index >= 15 is 0 Å². The molecule has 1 aliphatic rings. The van der Waals surface area contributed by atoms with Crippen molar-refractivity contribution in [1.82, 2.24) is 20.1 Å². The Hall–Kier alpha value is -2.68. The lowest BCUT2D eigenvalue weighted by molar-refractivity contribution is 0.128. The molecule has 152 valence electrons. The van der Waals surface area contributed by atoms with Crippen LogP contribution in [0.1, 0.15) is 5.56 Å². The van der Waals surface area contributed by atoms with Crippen molar-refractivity contribution in [3.05, 3.63) is 54.1 Å². The predicted molar refractivity (Wildman–Crippen MR) is 116 cm³/mol. The normalized spacial score (nSPS) is 15.4. The molecular formula is C21H25N5O2S. The number of aromatic hydroxyl groups is 1. The molecular weight excluding hydrogens is 386 g/mol. The second-order valence-corrected chi connectivity index (χ2v) is 8.19. The second-order valence-electron chi connectivity index (χ2n) is 7.16. The minimum Gasteiger partial charge on any atom is -0.508 e. The third-order valence-corrected chi connectivity index (χ3v) is 5.95. The van der Waals surface area contributed by atoms with E-state index in [-0.39, 0.29) is 11.8 Å². The molecule has 3 N–H and O–H groups in total. The van der Waals surface area contributed by atoms with E-state index < -0.39 is 0 Å². The fourth-order valence-electron chi connectivity index (χ4n) is 3.45. The summed E-state index contributed by atoms with van der Waals surface area (Å²) < 4.78 is 0.841. The highest BCUT2D eigenvalue weighted by Gasteiger charge is 2.17. The zero-order valence-corrected chi connectivity index (χ0v) is 17.0. The summed E-state index contributed by atoms with van der Waals surface area (Å²) in [5.74, 6) is 0.195. The molecule has 3 aromatic rings. The average molecular weight is 412 g/mol. The minimum absolute atomic E-state index is 0.195. The fraction of sp³-hybridized carbons (Fsp3) is 0.333. The minimum atomic E-state index is -0.254. The molecule has 1 aromatic heterocycles. The van der Waals surface area contributed by atoms with Gasteiger partial charge >= 0.3 is 6.03 Å². The van der Waals surface area contributed by atoms with Gasteiger partial charge in [0, 0.05) is 45.8 Å². The number of thiazole rings is 1. The highest BCUT2D eigenvalue weighted by Crippen LogP contribution is 2.28. The van der Waals surface area contributed by atoms with Crippen LogP contribution in [0.15, 0.2) is 48.5 Å². The fourth-order valence-corrected chi connectivity index (χ4v) is 4.34. The van der Waals surface area contributed by atoms with Gasteiger partial charge in [-0.25, -0.2) is 9.78 Å². The summed E-state index contributed by atoms with van der Waals surface area (Å²) in [4.78, 5) is 21.3. The number of phenolic OH excluding ortho intramolecular Hbond substituents is 1. The van der Waals surface area contributed by atoms with E-state index in [1.165, 1.54) is 16.9 Å². The standard InChI is InChI=1S/C21H25N5O2S/c27-17-6-7-18-19(14-17)29-21(23-18)24-20(28)22-8-9-25-10-12-26(13-11-25)15-16-4-2-1-3-5-16/h1-7,14,27H,8-13,15H2,(H2,22,23,24,28). The van der Waals surface area contributed by atoms with Gasteiger partial charge in [0.2, 0.25) is 0 Å². The van der Waals surface area contributed by atoms with Crippen LogP contribution >= 0.6 is 11.3 Å². The molecule has 0 saturated carbocycles. The molecule has 2 amide bonds. The van der Waals surface area contributed by atoms with Crippen molar-refractivity contribution >= 4 is 32.7 Å². The Labute approximate surface area is 174 Å². The number of hydrogen-bond donors (Lipinski definition) is 3. The number of rotatable bonds is 6. The van der Waals surface area contributed by atoms with Crippen molar-refractivity contribution in [1.29, 1.82) is 0 Å². The Balaban J connectivity index is 1.16. The number of amides is 2. The third kappa shape index (κ3) is 5.44. The van der Waals surface area contributed by atoms with E-state index in [4.69, 9.17) is 0 Å². The van der Waals surface area contributed by atoms with Gasteiger partial charge in [-0.3, -0.25) is 15.1 Å². The number of benzene rings is 2. The molecule has 7 nitrogen and oxygen atoms in total. The third-order valence-electron chi connectivity index (χ3n) is 5.02. The molecule has 1 aliphatic heterocycles. The molecule has 1 fully saturated rings. The topological polar surface area (TPSA) is 80.7 Å². The first-order chi connectivity index (χ1) is 14.2. The molecule has 2 aromatic carbocycles. The van der Waals surface area contributed by atoms with E-state index in [0.29, 0.717) is 11.7 Å². The summed E-state index contributed by atoms with van der Waals surface area (Å²) in [6.45, 7) is 6.53. The molecule has 4 rings (SSSR count). The first-order valence-electron chi connectivity index (χ1n) is 9.79. The summed E-state index contributed by atoms with van der Waals surface area (Å²) >= 11 is 1.34. The zero-order chi connectivity index (χ0) is 20.1. The average Bonchev–Trinajstić information content (AvgIpc) is 3.11. The maximum atomic E-state index is 12.1. The molecule has 0 spiro atoms. The Morgan fingerprint density at radius 1 is 1.07 bits per heavy atom. The summed E-state index contributed by atoms with van der Waals surface area (Å²) in [6.07, 6.45) is 0. The lowest BCUT2D eigenvalue weighted by atomic mass is 10.2. The highest BCUT2D eigenvalue weighted by atomic mass is 32.1. The predicted octanol–water partition coefficient (Wildman–Crippen LogP) is 2.94. The van der Waals surface area contributed by atoms with Gasteiger partial charge in [0.25, 0.3) is 0 Å². The highest BCUT2D eigenvalue weighted by molar-refractivity contribution is 7.22. The number of nitrogens with one attached hydrogen (secondary N) is 2. The van der Waals surface area contributed by atoms with Crippen LogP contribution in [0, 0.1) is 0 Å². The van der Waals surface area contributed by atoms with Gasteiger partial charge in [-0.15, -0.1) is 0 Å². The summed E-state index contributed by atoms with van der Waals surface area (Å²) in [6, 6.07) is 15.3. The van der Waals surface area contributed by atoms with Crippen LogP contribution in [0.3, 0.4) is 0 Å². The number of nitrogens with zero attached hydrogens (tertiary/aromatic N) is 3. The van der Waals surface area contributed by atoms with Gasteiger partial charge in [-0.05, 0) is 23.8 Å². The van der Waals surface area contributed by atoms with Crippen molar-refractivity contribution in [3.63, 3.8) is 0 Å². The quantitative estimate of drug-likeness (QED) is 0.581. The van der Waals surface area contributed by atoms with Crippen LogP contribution in [-0.4, -0.2) is 65.2 Å². The van der Waals surface area contributed by atoms with Crippen LogP contribution < -0.4 is 10.6 Å². The molecule has 0 bridgehead atoms. The van der Waals surface area contributed by atoms with Crippen LogP contribution in [0.2, 0.25) is 0 Å². The Bertz CT molecular complexity index is 954. The number of urea groups is 1. The van der Waals surface area contributed by atoms with Crippen LogP contribution in [-0.2, 0) is 6.54 Å². The Morgan fingerprint density at radius 2 is 1.83 bits per heavy atom. The van der Waals surface area contributed by atoms with E-state index in [2.05, 4.69) is 49.7 Å². The number of piperazine rings is 1. The summed E-state index contributed by atoms with van der Waals surface area (Å²) in [5.41, 5.74) is 2.11. The molecule has 2 heterocycles. The maximum absolute atomic E-state index is 12.1. The lowest BCUT2D eigenvalue weighted by Gasteiger charge is -2.34. The Morgan fingerprint density at radius 3 is 2.62 bits per heavy atom. The maximum Gasteiger partial charge on any atom is 0.321 e. The van der Waals surface area contributed by atoms with Gasteiger partial charge in [0.1, 0.15) is 5.75 Å². The van der Waals surface area contributed by atoms with Gasteiger partial charge in [0.15, 0.2) is 5.13 Å². The van der Waals surface area contributed by atoms with Gasteiger partial charge in [-0.1, -0.05) is 41.7 Å². The number of hydrogen-bond acceptors (Lipinski definition) is 6. The smallest absolute Gasteiger partial charge is 0.321 e. The number of phenols is 1. The number of carbonyl (C=O) groups is 1. The lowest BCUT2D eigenvalue weighted by Crippen LogP contribution is -2.48. The van der Waals surface area contributed by atoms with Crippen molar-refractivity contribution in [3.8, 4) is 5.75 Å². The largest absolute Gasteiger partial charge is 0.508 e. The van der Waals surface area contributed by atoms with Gasteiger partial charge in [-0.2, -0.15) is 0 Å². The van der Waals surface area contributed by atoms with Crippen molar-refractivity contribution in [2.75, 3.05) is 44.6 Å². The number of fused-ring (bicyclic) bond motifs is 1. The van der Waals surface area contributed by atoms with E-state index in [9.17, 15) is 9.90 Å². The molecule has 0 unspecified atom stereocenters. The molecule has 0 radical (unpaired) electrons. The van der Waals surface area contributed by atoms with E-state index in [0.717, 1.165) is 49.5 Å². The van der Waals surface area contributed by atoms with Gasteiger partial charge < -0.3 is 10.4 Å². The van der Waals surface area contributed by atoms with E-state index in [1.807, 2.05) is 6.07 Å². The van der Waals surface area contributed by atoms with Crippen LogP contribution in [0.5, 0.6) is 5.75 Å². The summed E-state index contributed by atoms with van der Waals surface area (Å²) in [7, 11) is 0. The molecule has 29 heavy (non-hydrogen) atoms. The van der Waals surface area contributed by atoms with Crippen LogP contribution in [0.4, 0.5) is 9.93 Å². The first kappa shape index (κ1) is 19.6. The summed E-state index contributed by atoms with van der Waals surface area (Å²) in [5, 5.41) is 15.7. The van der Waals surface area contributed by atoms with E-state index in [1.54, 1.807) is 18.2 Å². The Kier molecular flexibility index (Phi) is 6.24.